The first kappa shape index (κ1) is 12.7. The van der Waals surface area contributed by atoms with Gasteiger partial charge in [0, 0.05) is 25.9 Å². The lowest BCUT2D eigenvalue weighted by Gasteiger charge is -2.31. The fourth-order valence-corrected chi connectivity index (χ4v) is 2.01. The van der Waals surface area contributed by atoms with Crippen LogP contribution in [0, 0.1) is 0 Å². The number of hydrogen-bond acceptors (Lipinski definition) is 4. The van der Waals surface area contributed by atoms with Gasteiger partial charge in [0.1, 0.15) is 11.5 Å². The zero-order valence-electron chi connectivity index (χ0n) is 10.7. The van der Waals surface area contributed by atoms with Gasteiger partial charge < -0.3 is 18.9 Å². The molecule has 0 aromatic carbocycles. The first-order valence-electron chi connectivity index (χ1n) is 6.58. The molecular formula is C13H22O4. The third-order valence-corrected chi connectivity index (χ3v) is 3.01. The molecule has 0 aromatic rings. The zero-order chi connectivity index (χ0) is 12.1. The lowest BCUT2D eigenvalue weighted by Crippen LogP contribution is -2.26. The van der Waals surface area contributed by atoms with Crippen LogP contribution in [0.3, 0.4) is 0 Å². The van der Waals surface area contributed by atoms with Crippen LogP contribution in [0.15, 0.2) is 11.5 Å². The van der Waals surface area contributed by atoms with Crippen LogP contribution in [-0.2, 0) is 18.9 Å². The second-order valence-electron chi connectivity index (χ2n) is 4.40. The van der Waals surface area contributed by atoms with Crippen molar-refractivity contribution in [2.24, 2.45) is 0 Å². The van der Waals surface area contributed by atoms with Crippen molar-refractivity contribution in [3.8, 4) is 0 Å². The molecule has 0 aromatic heterocycles. The molecule has 1 aliphatic carbocycles. The first-order chi connectivity index (χ1) is 8.29. The minimum atomic E-state index is -0.193. The molecule has 0 bridgehead atoms. The molecule has 98 valence electrons. The third-order valence-electron chi connectivity index (χ3n) is 3.01. The predicted molar refractivity (Wildman–Crippen MR) is 63.1 cm³/mol. The molecule has 4 nitrogen and oxygen atoms in total. The summed E-state index contributed by atoms with van der Waals surface area (Å²) in [6.07, 6.45) is 4.94. The highest BCUT2D eigenvalue weighted by molar-refractivity contribution is 5.13. The molecule has 2 unspecified atom stereocenters. The second kappa shape index (κ2) is 6.26. The van der Waals surface area contributed by atoms with Crippen LogP contribution >= 0.6 is 0 Å². The standard InChI is InChI=1S/C13H22O4/c1-3-14-10(2)16-11-7-8-12(11)17-13-6-4-5-9-15-13/h10,13H,3-9H2,1-2H3. The molecule has 0 spiro atoms. The highest BCUT2D eigenvalue weighted by atomic mass is 16.7. The van der Waals surface area contributed by atoms with Crippen LogP contribution in [0.2, 0.25) is 0 Å². The van der Waals surface area contributed by atoms with Crippen molar-refractivity contribution < 1.29 is 18.9 Å². The topological polar surface area (TPSA) is 36.9 Å². The van der Waals surface area contributed by atoms with E-state index in [9.17, 15) is 0 Å². The monoisotopic (exact) mass is 242 g/mol. The number of rotatable bonds is 6. The Hall–Kier alpha value is -0.740. The zero-order valence-corrected chi connectivity index (χ0v) is 10.7. The van der Waals surface area contributed by atoms with Gasteiger partial charge in [-0.25, -0.2) is 0 Å². The van der Waals surface area contributed by atoms with E-state index < -0.39 is 0 Å². The van der Waals surface area contributed by atoms with Gasteiger partial charge >= 0.3 is 0 Å². The van der Waals surface area contributed by atoms with Gasteiger partial charge in [0.25, 0.3) is 0 Å². The van der Waals surface area contributed by atoms with Gasteiger partial charge in [-0.05, 0) is 26.7 Å². The molecule has 2 rings (SSSR count). The highest BCUT2D eigenvalue weighted by Crippen LogP contribution is 2.33. The summed E-state index contributed by atoms with van der Waals surface area (Å²) >= 11 is 0. The van der Waals surface area contributed by atoms with E-state index >= 15 is 0 Å². The van der Waals surface area contributed by atoms with E-state index in [1.54, 1.807) is 0 Å². The van der Waals surface area contributed by atoms with Crippen LogP contribution in [0.25, 0.3) is 0 Å². The summed E-state index contributed by atoms with van der Waals surface area (Å²) in [5.74, 6) is 1.88. The maximum Gasteiger partial charge on any atom is 0.199 e. The summed E-state index contributed by atoms with van der Waals surface area (Å²) in [5, 5.41) is 0. The van der Waals surface area contributed by atoms with Gasteiger partial charge in [-0.3, -0.25) is 0 Å². The summed E-state index contributed by atoms with van der Waals surface area (Å²) in [6, 6.07) is 0. The fourth-order valence-electron chi connectivity index (χ4n) is 2.01. The van der Waals surface area contributed by atoms with Crippen molar-refractivity contribution >= 4 is 0 Å². The summed E-state index contributed by atoms with van der Waals surface area (Å²) in [7, 11) is 0. The van der Waals surface area contributed by atoms with Crippen LogP contribution < -0.4 is 0 Å². The van der Waals surface area contributed by atoms with Crippen molar-refractivity contribution in [3.05, 3.63) is 11.5 Å². The van der Waals surface area contributed by atoms with E-state index in [4.69, 9.17) is 18.9 Å². The van der Waals surface area contributed by atoms with E-state index in [1.165, 1.54) is 6.42 Å². The smallest absolute Gasteiger partial charge is 0.199 e. The minimum absolute atomic E-state index is 0.0694. The minimum Gasteiger partial charge on any atom is -0.466 e. The maximum absolute atomic E-state index is 5.80. The Morgan fingerprint density at radius 2 is 2.12 bits per heavy atom. The highest BCUT2D eigenvalue weighted by Gasteiger charge is 2.26. The first-order valence-corrected chi connectivity index (χ1v) is 6.58. The number of hydrogen-bond donors (Lipinski definition) is 0. The molecule has 0 saturated carbocycles. The van der Waals surface area contributed by atoms with E-state index in [1.807, 2.05) is 13.8 Å². The Balaban J connectivity index is 1.79. The lowest BCUT2D eigenvalue weighted by molar-refractivity contribution is -0.156. The quantitative estimate of drug-likeness (QED) is 0.671. The SMILES string of the molecule is CCOC(C)OC1=C(OC2CCCCO2)CC1. The van der Waals surface area contributed by atoms with Crippen LogP contribution in [0.5, 0.6) is 0 Å². The van der Waals surface area contributed by atoms with Gasteiger partial charge in [-0.2, -0.15) is 0 Å². The van der Waals surface area contributed by atoms with Crippen molar-refractivity contribution in [1.82, 2.24) is 0 Å². The van der Waals surface area contributed by atoms with E-state index in [0.717, 1.165) is 43.8 Å². The van der Waals surface area contributed by atoms with Crippen molar-refractivity contribution in [2.75, 3.05) is 13.2 Å². The largest absolute Gasteiger partial charge is 0.466 e. The van der Waals surface area contributed by atoms with Crippen molar-refractivity contribution in [3.63, 3.8) is 0 Å². The Bertz CT molecular complexity index is 269. The molecule has 0 radical (unpaired) electrons. The predicted octanol–water partition coefficient (Wildman–Crippen LogP) is 2.93. The summed E-state index contributed by atoms with van der Waals surface area (Å²) in [6.45, 7) is 5.34. The molecule has 2 aliphatic rings. The molecule has 0 N–H and O–H groups in total. The molecule has 17 heavy (non-hydrogen) atoms. The molecule has 2 atom stereocenters. The average molecular weight is 242 g/mol. The Morgan fingerprint density at radius 3 is 2.71 bits per heavy atom. The Kier molecular flexibility index (Phi) is 4.68. The Labute approximate surface area is 103 Å². The molecule has 1 aliphatic heterocycles. The normalized spacial score (nSPS) is 26.4. The van der Waals surface area contributed by atoms with Crippen LogP contribution in [0.4, 0.5) is 0 Å². The van der Waals surface area contributed by atoms with Crippen LogP contribution in [0.1, 0.15) is 46.0 Å². The van der Waals surface area contributed by atoms with Gasteiger partial charge in [0.15, 0.2) is 12.6 Å². The Morgan fingerprint density at radius 1 is 1.29 bits per heavy atom. The summed E-state index contributed by atoms with van der Waals surface area (Å²) in [4.78, 5) is 0. The number of ether oxygens (including phenoxy) is 4. The maximum atomic E-state index is 5.80. The van der Waals surface area contributed by atoms with E-state index in [0.29, 0.717) is 6.61 Å². The van der Waals surface area contributed by atoms with Crippen LogP contribution in [-0.4, -0.2) is 25.8 Å². The van der Waals surface area contributed by atoms with Gasteiger partial charge in [-0.15, -0.1) is 0 Å². The summed E-state index contributed by atoms with van der Waals surface area (Å²) in [5.41, 5.74) is 0. The van der Waals surface area contributed by atoms with Gasteiger partial charge in [-0.1, -0.05) is 0 Å². The average Bonchev–Trinajstić information content (AvgIpc) is 2.34. The van der Waals surface area contributed by atoms with E-state index in [2.05, 4.69) is 0 Å². The van der Waals surface area contributed by atoms with E-state index in [-0.39, 0.29) is 12.6 Å². The molecule has 4 heteroatoms. The van der Waals surface area contributed by atoms with Gasteiger partial charge in [0.05, 0.1) is 6.61 Å². The third kappa shape index (κ3) is 3.61. The molecule has 0 amide bonds. The molecular weight excluding hydrogens is 220 g/mol. The molecule has 1 saturated heterocycles. The second-order valence-corrected chi connectivity index (χ2v) is 4.40. The number of allylic oxidation sites excluding steroid dienone is 2. The van der Waals surface area contributed by atoms with Gasteiger partial charge in [0.2, 0.25) is 0 Å². The van der Waals surface area contributed by atoms with Crippen molar-refractivity contribution in [1.29, 1.82) is 0 Å². The lowest BCUT2D eigenvalue weighted by atomic mass is 10.1. The summed E-state index contributed by atoms with van der Waals surface area (Å²) < 4.78 is 22.3. The molecule has 1 fully saturated rings. The van der Waals surface area contributed by atoms with Crippen molar-refractivity contribution in [2.45, 2.75) is 58.5 Å². The molecule has 1 heterocycles. The fraction of sp³-hybridized carbons (Fsp3) is 0.846.